The van der Waals surface area contributed by atoms with Gasteiger partial charge in [-0.1, -0.05) is 12.8 Å². The Hall–Kier alpha value is -2.18. The first kappa shape index (κ1) is 15.2. The molecule has 2 rings (SSSR count). The van der Waals surface area contributed by atoms with Crippen LogP contribution >= 0.6 is 0 Å². The van der Waals surface area contributed by atoms with Crippen molar-refractivity contribution in [1.29, 1.82) is 5.26 Å². The zero-order valence-electron chi connectivity index (χ0n) is 10.9. The van der Waals surface area contributed by atoms with Gasteiger partial charge >= 0.3 is 5.69 Å². The normalized spacial score (nSPS) is 17.3. The minimum atomic E-state index is -4.08. The first-order chi connectivity index (χ1) is 9.80. The topological polar surface area (TPSA) is 133 Å². The summed E-state index contributed by atoms with van der Waals surface area (Å²) in [7, 11) is -4.08. The molecule has 0 aromatic heterocycles. The third kappa shape index (κ3) is 2.96. The quantitative estimate of drug-likeness (QED) is 0.638. The smallest absolute Gasteiger partial charge is 0.312 e. The second-order valence-corrected chi connectivity index (χ2v) is 6.60. The maximum absolute atomic E-state index is 12.3. The number of benzene rings is 1. The predicted molar refractivity (Wildman–Crippen MR) is 71.9 cm³/mol. The average Bonchev–Trinajstić information content (AvgIpc) is 2.87. The van der Waals surface area contributed by atoms with Crippen molar-refractivity contribution in [3.8, 4) is 11.8 Å². The molecule has 1 aromatic carbocycles. The van der Waals surface area contributed by atoms with Gasteiger partial charge in [0, 0.05) is 6.07 Å². The number of nitro groups is 1. The van der Waals surface area contributed by atoms with Crippen LogP contribution in [-0.2, 0) is 10.0 Å². The van der Waals surface area contributed by atoms with E-state index in [1.54, 1.807) is 0 Å². The second-order valence-electron chi connectivity index (χ2n) is 4.91. The molecule has 0 spiro atoms. The lowest BCUT2D eigenvalue weighted by atomic mass is 10.0. The van der Waals surface area contributed by atoms with Gasteiger partial charge in [0.15, 0.2) is 5.75 Å². The zero-order valence-corrected chi connectivity index (χ0v) is 11.8. The fraction of sp³-hybridized carbons (Fsp3) is 0.417. The van der Waals surface area contributed by atoms with Crippen LogP contribution in [0.3, 0.4) is 0 Å². The Morgan fingerprint density at radius 3 is 2.52 bits per heavy atom. The SMILES string of the molecule is N#CC1(NS(=O)(=O)c2ccc(O)c([N+](=O)[O-])c2)CCCC1. The summed E-state index contributed by atoms with van der Waals surface area (Å²) in [5, 5.41) is 29.3. The van der Waals surface area contributed by atoms with Crippen molar-refractivity contribution in [2.75, 3.05) is 0 Å². The summed E-state index contributed by atoms with van der Waals surface area (Å²) >= 11 is 0. The lowest BCUT2D eigenvalue weighted by Crippen LogP contribution is -2.44. The van der Waals surface area contributed by atoms with Crippen LogP contribution in [0.5, 0.6) is 5.75 Å². The highest BCUT2D eigenvalue weighted by Gasteiger charge is 2.38. The Labute approximate surface area is 121 Å². The van der Waals surface area contributed by atoms with E-state index in [-0.39, 0.29) is 4.90 Å². The van der Waals surface area contributed by atoms with Crippen molar-refractivity contribution in [2.45, 2.75) is 36.1 Å². The Bertz CT molecular complexity index is 717. The molecule has 0 radical (unpaired) electrons. The molecule has 0 unspecified atom stereocenters. The number of nitrogens with one attached hydrogen (secondary N) is 1. The van der Waals surface area contributed by atoms with E-state index in [1.807, 2.05) is 6.07 Å². The van der Waals surface area contributed by atoms with Crippen LogP contribution in [0, 0.1) is 21.4 Å². The van der Waals surface area contributed by atoms with Gasteiger partial charge in [-0.2, -0.15) is 9.98 Å². The molecular formula is C12H13N3O5S. The van der Waals surface area contributed by atoms with E-state index in [2.05, 4.69) is 4.72 Å². The lowest BCUT2D eigenvalue weighted by Gasteiger charge is -2.21. The number of phenolic OH excluding ortho intramolecular Hbond substituents is 1. The summed E-state index contributed by atoms with van der Waals surface area (Å²) in [6.45, 7) is 0. The van der Waals surface area contributed by atoms with E-state index in [9.17, 15) is 28.9 Å². The number of nitrogens with zero attached hydrogens (tertiary/aromatic N) is 2. The van der Waals surface area contributed by atoms with Crippen molar-refractivity contribution in [3.63, 3.8) is 0 Å². The summed E-state index contributed by atoms with van der Waals surface area (Å²) in [5.41, 5.74) is -1.86. The molecule has 1 saturated carbocycles. The summed E-state index contributed by atoms with van der Waals surface area (Å²) in [4.78, 5) is 9.52. The summed E-state index contributed by atoms with van der Waals surface area (Å²) in [6, 6.07) is 4.76. The highest BCUT2D eigenvalue weighted by Crippen LogP contribution is 2.32. The molecule has 1 aliphatic rings. The Morgan fingerprint density at radius 2 is 2.00 bits per heavy atom. The van der Waals surface area contributed by atoms with Crippen molar-refractivity contribution in [1.82, 2.24) is 4.72 Å². The number of rotatable bonds is 4. The monoisotopic (exact) mass is 311 g/mol. The highest BCUT2D eigenvalue weighted by molar-refractivity contribution is 7.89. The number of hydrogen-bond acceptors (Lipinski definition) is 6. The number of nitro benzene ring substituents is 1. The highest BCUT2D eigenvalue weighted by atomic mass is 32.2. The van der Waals surface area contributed by atoms with Crippen molar-refractivity contribution in [3.05, 3.63) is 28.3 Å². The molecule has 0 aliphatic heterocycles. The van der Waals surface area contributed by atoms with Crippen LogP contribution in [0.1, 0.15) is 25.7 Å². The van der Waals surface area contributed by atoms with Crippen LogP contribution in [0.4, 0.5) is 5.69 Å². The van der Waals surface area contributed by atoms with Gasteiger partial charge in [0.25, 0.3) is 0 Å². The Morgan fingerprint density at radius 1 is 1.38 bits per heavy atom. The molecule has 9 heteroatoms. The Balaban J connectivity index is 2.39. The summed E-state index contributed by atoms with van der Waals surface area (Å²) in [5.74, 6) is -0.616. The van der Waals surface area contributed by atoms with Crippen LogP contribution < -0.4 is 4.72 Å². The molecule has 1 aromatic rings. The standard InChI is InChI=1S/C12H13N3O5S/c13-8-12(5-1-2-6-12)14-21(19,20)9-3-4-11(16)10(7-9)15(17)18/h3-4,7,14,16H,1-2,5-6H2. The van der Waals surface area contributed by atoms with Crippen molar-refractivity contribution >= 4 is 15.7 Å². The fourth-order valence-corrected chi connectivity index (χ4v) is 3.74. The predicted octanol–water partition coefficient (Wildman–Crippen LogP) is 1.42. The molecule has 0 heterocycles. The molecule has 8 nitrogen and oxygen atoms in total. The molecule has 0 atom stereocenters. The summed E-state index contributed by atoms with van der Waals surface area (Å²) in [6.07, 6.45) is 2.30. The van der Waals surface area contributed by atoms with Gasteiger partial charge in [0.2, 0.25) is 10.0 Å². The minimum absolute atomic E-state index is 0.353. The average molecular weight is 311 g/mol. The maximum Gasteiger partial charge on any atom is 0.312 e. The van der Waals surface area contributed by atoms with Crippen molar-refractivity contribution < 1.29 is 18.4 Å². The Kier molecular flexibility index (Phi) is 3.85. The van der Waals surface area contributed by atoms with Gasteiger partial charge in [-0.3, -0.25) is 10.1 Å². The van der Waals surface area contributed by atoms with Crippen LogP contribution in [0.25, 0.3) is 0 Å². The lowest BCUT2D eigenvalue weighted by molar-refractivity contribution is -0.386. The van der Waals surface area contributed by atoms with E-state index in [0.29, 0.717) is 12.8 Å². The van der Waals surface area contributed by atoms with Crippen molar-refractivity contribution in [2.24, 2.45) is 0 Å². The van der Waals surface area contributed by atoms with Gasteiger partial charge in [-0.05, 0) is 25.0 Å². The first-order valence-corrected chi connectivity index (χ1v) is 7.71. The molecular weight excluding hydrogens is 298 g/mol. The molecule has 21 heavy (non-hydrogen) atoms. The maximum atomic E-state index is 12.3. The largest absolute Gasteiger partial charge is 0.502 e. The van der Waals surface area contributed by atoms with Gasteiger partial charge < -0.3 is 5.11 Å². The van der Waals surface area contributed by atoms with E-state index in [0.717, 1.165) is 31.0 Å². The molecule has 2 N–H and O–H groups in total. The summed E-state index contributed by atoms with van der Waals surface area (Å²) < 4.78 is 26.9. The first-order valence-electron chi connectivity index (χ1n) is 6.22. The van der Waals surface area contributed by atoms with Gasteiger partial charge in [0.1, 0.15) is 5.54 Å². The molecule has 0 amide bonds. The number of nitriles is 1. The second kappa shape index (κ2) is 5.31. The zero-order chi connectivity index (χ0) is 15.7. The van der Waals surface area contributed by atoms with Gasteiger partial charge in [-0.15, -0.1) is 0 Å². The van der Waals surface area contributed by atoms with Gasteiger partial charge in [-0.25, -0.2) is 8.42 Å². The van der Waals surface area contributed by atoms with E-state index >= 15 is 0 Å². The number of hydrogen-bond donors (Lipinski definition) is 2. The molecule has 112 valence electrons. The minimum Gasteiger partial charge on any atom is -0.502 e. The molecule has 1 aliphatic carbocycles. The van der Waals surface area contributed by atoms with E-state index < -0.39 is 31.9 Å². The van der Waals surface area contributed by atoms with Crippen LogP contribution in [0.2, 0.25) is 0 Å². The third-order valence-corrected chi connectivity index (χ3v) is 4.99. The number of aromatic hydroxyl groups is 1. The van der Waals surface area contributed by atoms with E-state index in [1.165, 1.54) is 0 Å². The molecule has 0 bridgehead atoms. The molecule has 1 fully saturated rings. The van der Waals surface area contributed by atoms with Gasteiger partial charge in [0.05, 0.1) is 15.9 Å². The number of phenols is 1. The third-order valence-electron chi connectivity index (χ3n) is 3.45. The molecule has 0 saturated heterocycles. The number of sulfonamides is 1. The van der Waals surface area contributed by atoms with E-state index in [4.69, 9.17) is 0 Å². The van der Waals surface area contributed by atoms with Crippen LogP contribution in [0.15, 0.2) is 23.1 Å². The fourth-order valence-electron chi connectivity index (χ4n) is 2.35. The van der Waals surface area contributed by atoms with Crippen LogP contribution in [-0.4, -0.2) is 24.0 Å².